The minimum atomic E-state index is 0.375. The Morgan fingerprint density at radius 2 is 2.14 bits per heavy atom. The molecule has 0 fully saturated rings. The number of aromatic amines is 1. The first-order valence-electron chi connectivity index (χ1n) is 6.10. The molecule has 106 valence electrons. The van der Waals surface area contributed by atoms with Crippen LogP contribution in [0, 0.1) is 4.77 Å². The molecule has 0 bridgehead atoms. The van der Waals surface area contributed by atoms with Crippen molar-refractivity contribution in [1.82, 2.24) is 15.0 Å². The number of halogens is 1. The molecule has 0 saturated carbocycles. The van der Waals surface area contributed by atoms with E-state index >= 15 is 0 Å². The van der Waals surface area contributed by atoms with Crippen molar-refractivity contribution in [3.8, 4) is 17.1 Å². The van der Waals surface area contributed by atoms with Crippen molar-refractivity contribution >= 4 is 35.2 Å². The van der Waals surface area contributed by atoms with Crippen LogP contribution in [0.1, 0.15) is 5.01 Å². The second kappa shape index (κ2) is 6.34. The summed E-state index contributed by atoms with van der Waals surface area (Å²) in [4.78, 5) is 11.5. The van der Waals surface area contributed by atoms with E-state index in [9.17, 15) is 0 Å². The second-order valence-electron chi connectivity index (χ2n) is 4.13. The summed E-state index contributed by atoms with van der Waals surface area (Å²) in [5.74, 6) is 0.652. The van der Waals surface area contributed by atoms with Gasteiger partial charge in [-0.05, 0) is 30.4 Å². The minimum absolute atomic E-state index is 0.375. The number of H-pyrrole nitrogens is 1. The van der Waals surface area contributed by atoms with Crippen molar-refractivity contribution < 1.29 is 4.74 Å². The normalized spacial score (nSPS) is 10.5. The predicted octanol–water partition coefficient (Wildman–Crippen LogP) is 4.50. The fraction of sp³-hybridized carbons (Fsp3) is 0.0714. The first kappa shape index (κ1) is 14.2. The molecular weight excluding hydrogens is 326 g/mol. The van der Waals surface area contributed by atoms with Gasteiger partial charge in [0, 0.05) is 11.6 Å². The van der Waals surface area contributed by atoms with Gasteiger partial charge in [0.1, 0.15) is 17.4 Å². The van der Waals surface area contributed by atoms with E-state index in [4.69, 9.17) is 28.6 Å². The second-order valence-corrected chi connectivity index (χ2v) is 5.87. The quantitative estimate of drug-likeness (QED) is 0.713. The Balaban J connectivity index is 1.74. The zero-order valence-corrected chi connectivity index (χ0v) is 13.1. The Hall–Kier alpha value is -1.76. The SMILES string of the molecule is S=c1nccc(-c2csc(COc3ccccc3Cl)n2)[nH]1. The fourth-order valence-corrected chi connectivity index (χ4v) is 2.79. The van der Waals surface area contributed by atoms with Crippen molar-refractivity contribution in [2.24, 2.45) is 0 Å². The Morgan fingerprint density at radius 3 is 2.95 bits per heavy atom. The molecule has 1 N–H and O–H groups in total. The molecule has 1 aromatic carbocycles. The highest BCUT2D eigenvalue weighted by Gasteiger charge is 2.07. The lowest BCUT2D eigenvalue weighted by Gasteiger charge is -2.05. The van der Waals surface area contributed by atoms with Gasteiger partial charge in [-0.2, -0.15) is 0 Å². The molecule has 2 heterocycles. The summed E-state index contributed by atoms with van der Waals surface area (Å²) in [6.45, 7) is 0.375. The molecule has 0 amide bonds. The van der Waals surface area contributed by atoms with Gasteiger partial charge in [-0.1, -0.05) is 23.7 Å². The van der Waals surface area contributed by atoms with Crippen molar-refractivity contribution in [2.75, 3.05) is 0 Å². The van der Waals surface area contributed by atoms with E-state index in [2.05, 4.69) is 15.0 Å². The van der Waals surface area contributed by atoms with Crippen LogP contribution in [0.5, 0.6) is 5.75 Å². The number of hydrogen-bond donors (Lipinski definition) is 1. The maximum Gasteiger partial charge on any atom is 0.197 e. The van der Waals surface area contributed by atoms with Crippen LogP contribution >= 0.6 is 35.2 Å². The van der Waals surface area contributed by atoms with Crippen LogP contribution in [-0.2, 0) is 6.61 Å². The number of aromatic nitrogens is 3. The van der Waals surface area contributed by atoms with Crippen molar-refractivity contribution in [1.29, 1.82) is 0 Å². The standard InChI is InChI=1S/C14H10ClN3OS2/c15-9-3-1-2-4-12(9)19-7-13-17-11(8-21-13)10-5-6-16-14(20)18-10/h1-6,8H,7H2,(H,16,18,20). The molecule has 7 heteroatoms. The van der Waals surface area contributed by atoms with Crippen molar-refractivity contribution in [3.63, 3.8) is 0 Å². The number of benzene rings is 1. The minimum Gasteiger partial charge on any atom is -0.485 e. The van der Waals surface area contributed by atoms with Crippen LogP contribution in [0.3, 0.4) is 0 Å². The number of ether oxygens (including phenoxy) is 1. The first-order chi connectivity index (χ1) is 10.2. The molecule has 0 spiro atoms. The third-order valence-electron chi connectivity index (χ3n) is 2.69. The van der Waals surface area contributed by atoms with Crippen LogP contribution in [-0.4, -0.2) is 15.0 Å². The van der Waals surface area contributed by atoms with Gasteiger partial charge in [0.05, 0.1) is 16.4 Å². The lowest BCUT2D eigenvalue weighted by atomic mass is 10.3. The number of hydrogen-bond acceptors (Lipinski definition) is 5. The monoisotopic (exact) mass is 335 g/mol. The summed E-state index contributed by atoms with van der Waals surface area (Å²) >= 11 is 12.6. The maximum absolute atomic E-state index is 6.04. The summed E-state index contributed by atoms with van der Waals surface area (Å²) in [5.41, 5.74) is 1.67. The Bertz CT molecular complexity index is 815. The van der Waals surface area contributed by atoms with E-state index in [-0.39, 0.29) is 0 Å². The van der Waals surface area contributed by atoms with E-state index in [1.54, 1.807) is 12.3 Å². The van der Waals surface area contributed by atoms with E-state index in [0.29, 0.717) is 22.2 Å². The lowest BCUT2D eigenvalue weighted by Crippen LogP contribution is -1.95. The highest BCUT2D eigenvalue weighted by Crippen LogP contribution is 2.25. The van der Waals surface area contributed by atoms with Gasteiger partial charge in [0.2, 0.25) is 0 Å². The fourth-order valence-electron chi connectivity index (χ4n) is 1.72. The number of nitrogens with zero attached hydrogens (tertiary/aromatic N) is 2. The Kier molecular flexibility index (Phi) is 4.28. The number of rotatable bonds is 4. The summed E-state index contributed by atoms with van der Waals surface area (Å²) in [5, 5.41) is 3.40. The molecule has 0 unspecified atom stereocenters. The van der Waals surface area contributed by atoms with Gasteiger partial charge < -0.3 is 9.72 Å². The molecule has 0 radical (unpaired) electrons. The summed E-state index contributed by atoms with van der Waals surface area (Å²) in [7, 11) is 0. The molecule has 3 rings (SSSR count). The van der Waals surface area contributed by atoms with Crippen LogP contribution in [0.25, 0.3) is 11.4 Å². The third-order valence-corrected chi connectivity index (χ3v) is 4.03. The number of thiazole rings is 1. The molecule has 21 heavy (non-hydrogen) atoms. The highest BCUT2D eigenvalue weighted by atomic mass is 35.5. The van der Waals surface area contributed by atoms with Crippen molar-refractivity contribution in [2.45, 2.75) is 6.61 Å². The Morgan fingerprint density at radius 1 is 1.29 bits per heavy atom. The van der Waals surface area contributed by atoms with Gasteiger partial charge in [-0.3, -0.25) is 0 Å². The van der Waals surface area contributed by atoms with Gasteiger partial charge in [0.15, 0.2) is 4.77 Å². The third kappa shape index (κ3) is 3.47. The highest BCUT2D eigenvalue weighted by molar-refractivity contribution is 7.71. The topological polar surface area (TPSA) is 50.8 Å². The first-order valence-corrected chi connectivity index (χ1v) is 7.76. The van der Waals surface area contributed by atoms with E-state index in [0.717, 1.165) is 16.4 Å². The zero-order valence-electron chi connectivity index (χ0n) is 10.7. The number of para-hydroxylation sites is 1. The van der Waals surface area contributed by atoms with Crippen LogP contribution in [0.2, 0.25) is 5.02 Å². The molecule has 0 atom stereocenters. The smallest absolute Gasteiger partial charge is 0.197 e. The largest absolute Gasteiger partial charge is 0.485 e. The van der Waals surface area contributed by atoms with E-state index < -0.39 is 0 Å². The van der Waals surface area contributed by atoms with Crippen LogP contribution in [0.15, 0.2) is 41.9 Å². The number of nitrogens with one attached hydrogen (secondary N) is 1. The zero-order chi connectivity index (χ0) is 14.7. The molecule has 3 aromatic rings. The molecular formula is C14H10ClN3OS2. The van der Waals surface area contributed by atoms with Crippen LogP contribution in [0.4, 0.5) is 0 Å². The maximum atomic E-state index is 6.04. The van der Waals surface area contributed by atoms with Crippen LogP contribution < -0.4 is 4.74 Å². The molecule has 0 aliphatic rings. The lowest BCUT2D eigenvalue weighted by molar-refractivity contribution is 0.306. The van der Waals surface area contributed by atoms with Gasteiger partial charge in [-0.15, -0.1) is 11.3 Å². The average Bonchev–Trinajstić information content (AvgIpc) is 2.95. The van der Waals surface area contributed by atoms with E-state index in [1.165, 1.54) is 11.3 Å². The summed E-state index contributed by atoms with van der Waals surface area (Å²) in [6, 6.07) is 9.20. The van der Waals surface area contributed by atoms with Crippen molar-refractivity contribution in [3.05, 3.63) is 56.7 Å². The molecule has 0 aliphatic heterocycles. The molecule has 0 aliphatic carbocycles. The van der Waals surface area contributed by atoms with E-state index in [1.807, 2.05) is 29.6 Å². The van der Waals surface area contributed by atoms with Gasteiger partial charge in [0.25, 0.3) is 0 Å². The average molecular weight is 336 g/mol. The summed E-state index contributed by atoms with van der Waals surface area (Å²) < 4.78 is 6.11. The Labute approximate surface area is 135 Å². The molecule has 2 aromatic heterocycles. The van der Waals surface area contributed by atoms with Gasteiger partial charge in [-0.25, -0.2) is 9.97 Å². The molecule has 0 saturated heterocycles. The predicted molar refractivity (Wildman–Crippen MR) is 86.3 cm³/mol. The summed E-state index contributed by atoms with van der Waals surface area (Å²) in [6.07, 6.45) is 1.66. The van der Waals surface area contributed by atoms with Gasteiger partial charge >= 0.3 is 0 Å². The molecule has 4 nitrogen and oxygen atoms in total.